The summed E-state index contributed by atoms with van der Waals surface area (Å²) in [6.07, 6.45) is 2.81. The molecule has 1 aliphatic rings. The minimum absolute atomic E-state index is 0.0229. The van der Waals surface area contributed by atoms with Crippen LogP contribution < -0.4 is 5.32 Å². The van der Waals surface area contributed by atoms with Crippen molar-refractivity contribution in [2.24, 2.45) is 0 Å². The number of carbonyl (C=O) groups is 2. The van der Waals surface area contributed by atoms with Gasteiger partial charge < -0.3 is 10.2 Å². The average molecular weight is 210 g/mol. The van der Waals surface area contributed by atoms with Crippen LogP contribution in [0.25, 0.3) is 0 Å². The van der Waals surface area contributed by atoms with Crippen LogP contribution in [0.5, 0.6) is 0 Å². The maximum atomic E-state index is 11.8. The lowest BCUT2D eigenvalue weighted by molar-refractivity contribution is -0.145. The molecular formula is C11H18N2O2. The minimum atomic E-state index is -0.286. The van der Waals surface area contributed by atoms with Gasteiger partial charge >= 0.3 is 0 Å². The van der Waals surface area contributed by atoms with E-state index >= 15 is 0 Å². The predicted octanol–water partition coefficient (Wildman–Crippen LogP) is 0.690. The summed E-state index contributed by atoms with van der Waals surface area (Å²) in [5.41, 5.74) is -0.286. The number of amides is 2. The lowest BCUT2D eigenvalue weighted by Gasteiger charge is -2.42. The molecule has 1 N–H and O–H groups in total. The van der Waals surface area contributed by atoms with Gasteiger partial charge in [-0.15, -0.1) is 6.58 Å². The zero-order valence-corrected chi connectivity index (χ0v) is 9.38. The number of piperazine rings is 1. The maximum absolute atomic E-state index is 11.8. The second-order valence-corrected chi connectivity index (χ2v) is 4.40. The molecule has 0 bridgehead atoms. The molecule has 0 aromatic heterocycles. The molecule has 0 radical (unpaired) electrons. The van der Waals surface area contributed by atoms with Crippen molar-refractivity contribution in [2.45, 2.75) is 32.2 Å². The van der Waals surface area contributed by atoms with Crippen LogP contribution in [0.15, 0.2) is 12.7 Å². The second-order valence-electron chi connectivity index (χ2n) is 4.40. The van der Waals surface area contributed by atoms with Crippen molar-refractivity contribution in [3.05, 3.63) is 12.7 Å². The standard InChI is InChI=1S/C11H18N2O2/c1-4-5-6-10(15)13-7-9(14)12-8-11(13,2)3/h4H,1,5-8H2,2-3H3,(H,12,14). The lowest BCUT2D eigenvalue weighted by atomic mass is 9.99. The van der Waals surface area contributed by atoms with Crippen molar-refractivity contribution in [3.8, 4) is 0 Å². The van der Waals surface area contributed by atoms with Crippen molar-refractivity contribution in [2.75, 3.05) is 13.1 Å². The molecule has 1 saturated heterocycles. The first kappa shape index (κ1) is 11.8. The Kier molecular flexibility index (Phi) is 3.50. The van der Waals surface area contributed by atoms with E-state index in [4.69, 9.17) is 0 Å². The molecule has 0 spiro atoms. The Morgan fingerprint density at radius 3 is 2.93 bits per heavy atom. The molecule has 15 heavy (non-hydrogen) atoms. The Hall–Kier alpha value is -1.32. The summed E-state index contributed by atoms with van der Waals surface area (Å²) < 4.78 is 0. The third-order valence-electron chi connectivity index (χ3n) is 2.61. The molecule has 0 saturated carbocycles. The Morgan fingerprint density at radius 2 is 2.33 bits per heavy atom. The van der Waals surface area contributed by atoms with E-state index < -0.39 is 0 Å². The van der Waals surface area contributed by atoms with Crippen LogP contribution in [-0.4, -0.2) is 35.3 Å². The summed E-state index contributed by atoms with van der Waals surface area (Å²) in [5.74, 6) is -0.0592. The van der Waals surface area contributed by atoms with Gasteiger partial charge in [-0.1, -0.05) is 6.08 Å². The van der Waals surface area contributed by atoms with Crippen LogP contribution in [0.1, 0.15) is 26.7 Å². The van der Waals surface area contributed by atoms with Crippen molar-refractivity contribution < 1.29 is 9.59 Å². The van der Waals surface area contributed by atoms with Crippen LogP contribution in [0, 0.1) is 0 Å². The van der Waals surface area contributed by atoms with Crippen molar-refractivity contribution >= 4 is 11.8 Å². The molecule has 0 aromatic carbocycles. The fourth-order valence-corrected chi connectivity index (χ4v) is 1.61. The number of allylic oxidation sites excluding steroid dienone is 1. The Labute approximate surface area is 90.3 Å². The van der Waals surface area contributed by atoms with Gasteiger partial charge in [0, 0.05) is 13.0 Å². The van der Waals surface area contributed by atoms with Crippen LogP contribution in [0.3, 0.4) is 0 Å². The number of hydrogen-bond acceptors (Lipinski definition) is 2. The van der Waals surface area contributed by atoms with E-state index in [2.05, 4.69) is 11.9 Å². The molecule has 4 heteroatoms. The highest BCUT2D eigenvalue weighted by molar-refractivity contribution is 5.86. The van der Waals surface area contributed by atoms with Crippen LogP contribution in [0.4, 0.5) is 0 Å². The second kappa shape index (κ2) is 4.47. The fourth-order valence-electron chi connectivity index (χ4n) is 1.61. The highest BCUT2D eigenvalue weighted by Crippen LogP contribution is 2.18. The van der Waals surface area contributed by atoms with Crippen molar-refractivity contribution in [3.63, 3.8) is 0 Å². The van der Waals surface area contributed by atoms with Gasteiger partial charge in [-0.05, 0) is 20.3 Å². The molecule has 1 aliphatic heterocycles. The average Bonchev–Trinajstić information content (AvgIpc) is 2.18. The quantitative estimate of drug-likeness (QED) is 0.697. The Balaban J connectivity index is 2.67. The van der Waals surface area contributed by atoms with Gasteiger partial charge in [0.25, 0.3) is 0 Å². The van der Waals surface area contributed by atoms with Gasteiger partial charge in [0.15, 0.2) is 0 Å². The predicted molar refractivity (Wildman–Crippen MR) is 58.2 cm³/mol. The number of carbonyl (C=O) groups excluding carboxylic acids is 2. The Morgan fingerprint density at radius 1 is 1.67 bits per heavy atom. The van der Waals surface area contributed by atoms with Crippen LogP contribution in [0.2, 0.25) is 0 Å². The first-order chi connectivity index (χ1) is 6.97. The highest BCUT2D eigenvalue weighted by Gasteiger charge is 2.35. The molecule has 1 heterocycles. The van der Waals surface area contributed by atoms with Crippen LogP contribution >= 0.6 is 0 Å². The SMILES string of the molecule is C=CCCC(=O)N1CC(=O)NCC1(C)C. The van der Waals surface area contributed by atoms with Gasteiger partial charge in [0.05, 0.1) is 5.54 Å². The zero-order chi connectivity index (χ0) is 11.5. The first-order valence-electron chi connectivity index (χ1n) is 5.15. The summed E-state index contributed by atoms with van der Waals surface area (Å²) in [7, 11) is 0. The third-order valence-corrected chi connectivity index (χ3v) is 2.61. The van der Waals surface area contributed by atoms with Gasteiger partial charge in [-0.3, -0.25) is 9.59 Å². The molecule has 84 valence electrons. The summed E-state index contributed by atoms with van der Waals surface area (Å²) in [6, 6.07) is 0. The summed E-state index contributed by atoms with van der Waals surface area (Å²) in [6.45, 7) is 8.18. The zero-order valence-electron chi connectivity index (χ0n) is 9.38. The number of nitrogens with one attached hydrogen (secondary N) is 1. The summed E-state index contributed by atoms with van der Waals surface area (Å²) in [5, 5.41) is 2.76. The number of hydrogen-bond donors (Lipinski definition) is 1. The van der Waals surface area contributed by atoms with Gasteiger partial charge in [0.1, 0.15) is 6.54 Å². The molecule has 2 amide bonds. The highest BCUT2D eigenvalue weighted by atomic mass is 16.2. The van der Waals surface area contributed by atoms with E-state index in [-0.39, 0.29) is 23.9 Å². The largest absolute Gasteiger partial charge is 0.352 e. The van der Waals surface area contributed by atoms with E-state index in [1.807, 2.05) is 13.8 Å². The molecule has 1 rings (SSSR count). The summed E-state index contributed by atoms with van der Waals surface area (Å²) in [4.78, 5) is 24.7. The molecule has 0 aromatic rings. The smallest absolute Gasteiger partial charge is 0.239 e. The molecule has 0 aliphatic carbocycles. The summed E-state index contributed by atoms with van der Waals surface area (Å²) >= 11 is 0. The molecule has 1 fully saturated rings. The molecule has 4 nitrogen and oxygen atoms in total. The monoisotopic (exact) mass is 210 g/mol. The van der Waals surface area contributed by atoms with Crippen molar-refractivity contribution in [1.82, 2.24) is 10.2 Å². The minimum Gasteiger partial charge on any atom is -0.352 e. The van der Waals surface area contributed by atoms with E-state index in [1.165, 1.54) is 0 Å². The lowest BCUT2D eigenvalue weighted by Crippen LogP contribution is -2.62. The normalized spacial score (nSPS) is 19.6. The van der Waals surface area contributed by atoms with E-state index in [1.54, 1.807) is 11.0 Å². The van der Waals surface area contributed by atoms with Gasteiger partial charge in [-0.2, -0.15) is 0 Å². The maximum Gasteiger partial charge on any atom is 0.239 e. The number of nitrogens with zero attached hydrogens (tertiary/aromatic N) is 1. The van der Waals surface area contributed by atoms with Gasteiger partial charge in [0.2, 0.25) is 11.8 Å². The Bertz CT molecular complexity index is 284. The molecular weight excluding hydrogens is 192 g/mol. The van der Waals surface area contributed by atoms with E-state index in [0.717, 1.165) is 0 Å². The molecule has 0 atom stereocenters. The van der Waals surface area contributed by atoms with Gasteiger partial charge in [-0.25, -0.2) is 0 Å². The van der Waals surface area contributed by atoms with E-state index in [9.17, 15) is 9.59 Å². The third kappa shape index (κ3) is 2.81. The topological polar surface area (TPSA) is 49.4 Å². The van der Waals surface area contributed by atoms with E-state index in [0.29, 0.717) is 19.4 Å². The fraction of sp³-hybridized carbons (Fsp3) is 0.636. The first-order valence-corrected chi connectivity index (χ1v) is 5.15. The van der Waals surface area contributed by atoms with Crippen molar-refractivity contribution in [1.29, 1.82) is 0 Å². The number of rotatable bonds is 3. The van der Waals surface area contributed by atoms with Crippen LogP contribution in [-0.2, 0) is 9.59 Å². The molecule has 0 unspecified atom stereocenters.